The first-order valence-electron chi connectivity index (χ1n) is 7.93. The zero-order valence-electron chi connectivity index (χ0n) is 13.1. The second kappa shape index (κ2) is 6.80. The number of fused-ring (bicyclic) bond motifs is 2. The van der Waals surface area contributed by atoms with Crippen molar-refractivity contribution in [2.45, 2.75) is 43.9 Å². The predicted octanol–water partition coefficient (Wildman–Crippen LogP) is 2.75. The molecule has 0 N–H and O–H groups in total. The summed E-state index contributed by atoms with van der Waals surface area (Å²) in [5, 5.41) is 10.7. The highest BCUT2D eigenvalue weighted by Crippen LogP contribution is 2.37. The Labute approximate surface area is 134 Å². The largest absolute Gasteiger partial charge is 0.487 e. The maximum absolute atomic E-state index is 14.0. The van der Waals surface area contributed by atoms with Gasteiger partial charge < -0.3 is 9.47 Å². The number of hydrogen-bond donors (Lipinski definition) is 0. The Hall–Kier alpha value is -1.73. The molecule has 23 heavy (non-hydrogen) atoms. The van der Waals surface area contributed by atoms with Crippen molar-refractivity contribution in [3.8, 4) is 5.75 Å². The molecule has 7 heteroatoms. The molecule has 0 spiro atoms. The molecule has 0 aliphatic carbocycles. The third-order valence-electron chi connectivity index (χ3n) is 4.81. The van der Waals surface area contributed by atoms with Crippen molar-refractivity contribution >= 4 is 5.69 Å². The Kier molecular flexibility index (Phi) is 4.77. The van der Waals surface area contributed by atoms with Gasteiger partial charge in [0.2, 0.25) is 0 Å². The molecule has 2 saturated heterocycles. The molecule has 126 valence electrons. The van der Waals surface area contributed by atoms with Crippen molar-refractivity contribution in [1.82, 2.24) is 4.90 Å². The van der Waals surface area contributed by atoms with Gasteiger partial charge >= 0.3 is 0 Å². The fourth-order valence-corrected chi connectivity index (χ4v) is 3.76. The number of halogens is 1. The molecule has 1 aromatic carbocycles. The molecule has 0 radical (unpaired) electrons. The number of nitro benzene ring substituents is 1. The molecular weight excluding hydrogens is 303 g/mol. The van der Waals surface area contributed by atoms with E-state index in [9.17, 15) is 14.5 Å². The summed E-state index contributed by atoms with van der Waals surface area (Å²) in [5.74, 6) is -0.571. The number of benzene rings is 1. The zero-order valence-corrected chi connectivity index (χ0v) is 13.1. The van der Waals surface area contributed by atoms with E-state index in [2.05, 4.69) is 4.90 Å². The quantitative estimate of drug-likeness (QED) is 0.595. The number of non-ortho nitro benzene ring substituents is 1. The van der Waals surface area contributed by atoms with Gasteiger partial charge in [-0.2, -0.15) is 0 Å². The maximum Gasteiger partial charge on any atom is 0.272 e. The van der Waals surface area contributed by atoms with E-state index >= 15 is 0 Å². The summed E-state index contributed by atoms with van der Waals surface area (Å²) in [4.78, 5) is 12.5. The fourth-order valence-electron chi connectivity index (χ4n) is 3.76. The summed E-state index contributed by atoms with van der Waals surface area (Å²) in [6.45, 7) is 1.64. The number of nitrogens with zero attached hydrogens (tertiary/aromatic N) is 2. The van der Waals surface area contributed by atoms with Crippen LogP contribution < -0.4 is 4.74 Å². The summed E-state index contributed by atoms with van der Waals surface area (Å²) < 4.78 is 24.9. The molecule has 2 aliphatic heterocycles. The molecular formula is C16H21FN2O4. The lowest BCUT2D eigenvalue weighted by atomic mass is 9.99. The molecule has 1 unspecified atom stereocenters. The van der Waals surface area contributed by atoms with Gasteiger partial charge in [-0.15, -0.1) is 0 Å². The molecule has 3 atom stereocenters. The average Bonchev–Trinajstić information content (AvgIpc) is 2.76. The Morgan fingerprint density at radius 3 is 2.61 bits per heavy atom. The lowest BCUT2D eigenvalue weighted by Gasteiger charge is -2.38. The summed E-state index contributed by atoms with van der Waals surface area (Å²) in [6.07, 6.45) is 3.95. The Balaban J connectivity index is 1.63. The van der Waals surface area contributed by atoms with Crippen LogP contribution in [-0.4, -0.2) is 48.3 Å². The molecule has 1 aromatic rings. The van der Waals surface area contributed by atoms with E-state index in [0.717, 1.165) is 44.9 Å². The van der Waals surface area contributed by atoms with Crippen LogP contribution in [0.15, 0.2) is 18.2 Å². The van der Waals surface area contributed by atoms with Crippen LogP contribution in [0.1, 0.15) is 25.7 Å². The lowest BCUT2D eigenvalue weighted by molar-refractivity contribution is -0.385. The summed E-state index contributed by atoms with van der Waals surface area (Å²) in [7, 11) is 1.70. The van der Waals surface area contributed by atoms with E-state index in [0.29, 0.717) is 12.1 Å². The van der Waals surface area contributed by atoms with Crippen molar-refractivity contribution < 1.29 is 18.8 Å². The summed E-state index contributed by atoms with van der Waals surface area (Å²) in [5.41, 5.74) is -0.260. The molecule has 2 heterocycles. The first-order valence-corrected chi connectivity index (χ1v) is 7.93. The van der Waals surface area contributed by atoms with Gasteiger partial charge in [-0.05, 0) is 31.7 Å². The lowest BCUT2D eigenvalue weighted by Crippen LogP contribution is -2.47. The summed E-state index contributed by atoms with van der Waals surface area (Å²) >= 11 is 0. The number of piperidine rings is 1. The van der Waals surface area contributed by atoms with Crippen LogP contribution in [-0.2, 0) is 4.74 Å². The standard InChI is InChI=1S/C16H21FN2O4/c1-22-7-6-18-11-2-3-12(18)9-14(8-11)23-16-5-4-13(19(20)21)10-15(16)17/h4-5,10-12,14H,2-3,6-9H2,1H3/t11-,12+,14?. The smallest absolute Gasteiger partial charge is 0.272 e. The van der Waals surface area contributed by atoms with E-state index in [1.54, 1.807) is 7.11 Å². The van der Waals surface area contributed by atoms with E-state index in [1.807, 2.05) is 0 Å². The maximum atomic E-state index is 14.0. The van der Waals surface area contributed by atoms with Crippen LogP contribution in [0.25, 0.3) is 0 Å². The number of rotatable bonds is 6. The van der Waals surface area contributed by atoms with Gasteiger partial charge in [0.15, 0.2) is 11.6 Å². The third-order valence-corrected chi connectivity index (χ3v) is 4.81. The number of methoxy groups -OCH3 is 1. The van der Waals surface area contributed by atoms with E-state index in [4.69, 9.17) is 9.47 Å². The summed E-state index contributed by atoms with van der Waals surface area (Å²) in [6, 6.07) is 4.45. The molecule has 0 aromatic heterocycles. The zero-order chi connectivity index (χ0) is 16.4. The van der Waals surface area contributed by atoms with Crippen molar-refractivity contribution in [2.75, 3.05) is 20.3 Å². The second-order valence-corrected chi connectivity index (χ2v) is 6.20. The molecule has 3 rings (SSSR count). The topological polar surface area (TPSA) is 64.8 Å². The van der Waals surface area contributed by atoms with Crippen LogP contribution in [0, 0.1) is 15.9 Å². The Morgan fingerprint density at radius 2 is 2.04 bits per heavy atom. The van der Waals surface area contributed by atoms with E-state index < -0.39 is 10.7 Å². The van der Waals surface area contributed by atoms with Crippen LogP contribution in [0.5, 0.6) is 5.75 Å². The predicted molar refractivity (Wildman–Crippen MR) is 82.1 cm³/mol. The fraction of sp³-hybridized carbons (Fsp3) is 0.625. The van der Waals surface area contributed by atoms with Crippen LogP contribution in [0.4, 0.5) is 10.1 Å². The van der Waals surface area contributed by atoms with Crippen molar-refractivity contribution in [3.05, 3.63) is 34.1 Å². The van der Waals surface area contributed by atoms with E-state index in [1.165, 1.54) is 12.1 Å². The monoisotopic (exact) mass is 324 g/mol. The third kappa shape index (κ3) is 3.45. The Morgan fingerprint density at radius 1 is 1.35 bits per heavy atom. The van der Waals surface area contributed by atoms with Gasteiger partial charge in [-0.3, -0.25) is 15.0 Å². The molecule has 0 amide bonds. The molecule has 6 nitrogen and oxygen atoms in total. The molecule has 0 saturated carbocycles. The van der Waals surface area contributed by atoms with Gasteiger partial charge in [-0.1, -0.05) is 0 Å². The van der Waals surface area contributed by atoms with Gasteiger partial charge in [-0.25, -0.2) is 4.39 Å². The van der Waals surface area contributed by atoms with Crippen molar-refractivity contribution in [1.29, 1.82) is 0 Å². The highest BCUT2D eigenvalue weighted by molar-refractivity contribution is 5.37. The minimum Gasteiger partial charge on any atom is -0.487 e. The van der Waals surface area contributed by atoms with Crippen LogP contribution in [0.3, 0.4) is 0 Å². The van der Waals surface area contributed by atoms with Gasteiger partial charge in [0, 0.05) is 31.8 Å². The Bertz CT molecular complexity index is 569. The minimum atomic E-state index is -0.673. The SMILES string of the molecule is COCCN1[C@@H]2CC[C@H]1CC(Oc1ccc([N+](=O)[O-])cc1F)C2. The normalized spacial score (nSPS) is 27.1. The van der Waals surface area contributed by atoms with E-state index in [-0.39, 0.29) is 17.5 Å². The average molecular weight is 324 g/mol. The van der Waals surface area contributed by atoms with Crippen LogP contribution >= 0.6 is 0 Å². The second-order valence-electron chi connectivity index (χ2n) is 6.20. The van der Waals surface area contributed by atoms with Gasteiger partial charge in [0.25, 0.3) is 5.69 Å². The highest BCUT2D eigenvalue weighted by Gasteiger charge is 2.41. The number of nitro groups is 1. The van der Waals surface area contributed by atoms with Crippen LogP contribution in [0.2, 0.25) is 0 Å². The van der Waals surface area contributed by atoms with Crippen molar-refractivity contribution in [2.24, 2.45) is 0 Å². The van der Waals surface area contributed by atoms with Gasteiger partial charge in [0.05, 0.1) is 17.6 Å². The first-order chi connectivity index (χ1) is 11.1. The molecule has 2 aliphatic rings. The van der Waals surface area contributed by atoms with Crippen molar-refractivity contribution in [3.63, 3.8) is 0 Å². The molecule has 2 bridgehead atoms. The van der Waals surface area contributed by atoms with Gasteiger partial charge in [0.1, 0.15) is 6.10 Å². The number of ether oxygens (including phenoxy) is 2. The highest BCUT2D eigenvalue weighted by atomic mass is 19.1. The first kappa shape index (κ1) is 16.1. The minimum absolute atomic E-state index is 0.0396. The number of hydrogen-bond acceptors (Lipinski definition) is 5. The molecule has 2 fully saturated rings.